The Morgan fingerprint density at radius 2 is 1.95 bits per heavy atom. The average molecular weight is 282 g/mol. The van der Waals surface area contributed by atoms with Gasteiger partial charge in [-0.3, -0.25) is 0 Å². The van der Waals surface area contributed by atoms with E-state index in [0.29, 0.717) is 16.5 Å². The molecule has 1 heterocycles. The van der Waals surface area contributed by atoms with E-state index >= 15 is 0 Å². The number of carbonyl (C=O) groups excluding carboxylic acids is 1. The third-order valence-electron chi connectivity index (χ3n) is 3.77. The molecule has 0 aromatic heterocycles. The molecule has 1 saturated heterocycles. The monoisotopic (exact) mass is 281 g/mol. The van der Waals surface area contributed by atoms with Gasteiger partial charge in [0.1, 0.15) is 5.60 Å². The van der Waals surface area contributed by atoms with Gasteiger partial charge in [0.05, 0.1) is 10.6 Å². The SMILES string of the molecule is CC(C)(OC(=O)c1ccccc1Cl)C1CCNCC1. The summed E-state index contributed by atoms with van der Waals surface area (Å²) in [5, 5.41) is 3.76. The first-order chi connectivity index (χ1) is 9.00. The number of esters is 1. The van der Waals surface area contributed by atoms with Crippen LogP contribution in [0.3, 0.4) is 0 Å². The summed E-state index contributed by atoms with van der Waals surface area (Å²) in [7, 11) is 0. The van der Waals surface area contributed by atoms with Crippen molar-refractivity contribution in [2.24, 2.45) is 5.92 Å². The number of rotatable bonds is 3. The number of hydrogen-bond donors (Lipinski definition) is 1. The lowest BCUT2D eigenvalue weighted by Crippen LogP contribution is -2.42. The first-order valence-corrected chi connectivity index (χ1v) is 7.07. The normalized spacial score (nSPS) is 17.2. The molecule has 1 aromatic carbocycles. The minimum Gasteiger partial charge on any atom is -0.456 e. The third kappa shape index (κ3) is 3.48. The molecule has 3 nitrogen and oxygen atoms in total. The molecular weight excluding hydrogens is 262 g/mol. The molecule has 0 radical (unpaired) electrons. The van der Waals surface area contributed by atoms with Crippen molar-refractivity contribution in [2.75, 3.05) is 13.1 Å². The summed E-state index contributed by atoms with van der Waals surface area (Å²) in [6, 6.07) is 7.00. The summed E-state index contributed by atoms with van der Waals surface area (Å²) in [5.74, 6) is 0.0503. The molecule has 1 aliphatic heterocycles. The van der Waals surface area contributed by atoms with Crippen molar-refractivity contribution >= 4 is 17.6 Å². The van der Waals surface area contributed by atoms with Crippen LogP contribution >= 0.6 is 11.6 Å². The summed E-state index contributed by atoms with van der Waals surface area (Å²) in [6.07, 6.45) is 2.06. The molecule has 2 rings (SSSR count). The van der Waals surface area contributed by atoms with Gasteiger partial charge in [-0.25, -0.2) is 4.79 Å². The van der Waals surface area contributed by atoms with E-state index in [2.05, 4.69) is 5.32 Å². The standard InChI is InChI=1S/C15H20ClNO2/c1-15(2,11-7-9-17-10-8-11)19-14(18)12-5-3-4-6-13(12)16/h3-6,11,17H,7-10H2,1-2H3. The maximum Gasteiger partial charge on any atom is 0.340 e. The van der Waals surface area contributed by atoms with Crippen molar-refractivity contribution in [1.29, 1.82) is 0 Å². The zero-order valence-corrected chi connectivity index (χ0v) is 12.2. The van der Waals surface area contributed by atoms with E-state index in [1.54, 1.807) is 24.3 Å². The quantitative estimate of drug-likeness (QED) is 0.864. The Kier molecular flexibility index (Phi) is 4.48. The Hall–Kier alpha value is -1.06. The number of ether oxygens (including phenoxy) is 1. The minimum atomic E-state index is -0.460. The highest BCUT2D eigenvalue weighted by molar-refractivity contribution is 6.33. The Balaban J connectivity index is 2.07. The maximum absolute atomic E-state index is 12.2. The van der Waals surface area contributed by atoms with Crippen LogP contribution in [0, 0.1) is 5.92 Å². The molecule has 1 N–H and O–H groups in total. The largest absolute Gasteiger partial charge is 0.456 e. The number of piperidine rings is 1. The molecule has 0 atom stereocenters. The second-order valence-electron chi connectivity index (χ2n) is 5.50. The van der Waals surface area contributed by atoms with E-state index in [0.717, 1.165) is 25.9 Å². The van der Waals surface area contributed by atoms with Gasteiger partial charge in [0, 0.05) is 5.92 Å². The van der Waals surface area contributed by atoms with Gasteiger partial charge >= 0.3 is 5.97 Å². The summed E-state index contributed by atoms with van der Waals surface area (Å²) < 4.78 is 5.69. The highest BCUT2D eigenvalue weighted by Gasteiger charge is 2.34. The first kappa shape index (κ1) is 14.4. The van der Waals surface area contributed by atoms with Crippen LogP contribution in [0.5, 0.6) is 0 Å². The van der Waals surface area contributed by atoms with Crippen LogP contribution in [0.15, 0.2) is 24.3 Å². The van der Waals surface area contributed by atoms with Crippen molar-refractivity contribution in [3.63, 3.8) is 0 Å². The van der Waals surface area contributed by atoms with Crippen molar-refractivity contribution in [3.8, 4) is 0 Å². The van der Waals surface area contributed by atoms with Gasteiger partial charge < -0.3 is 10.1 Å². The Bertz CT molecular complexity index is 453. The van der Waals surface area contributed by atoms with Crippen molar-refractivity contribution in [2.45, 2.75) is 32.3 Å². The minimum absolute atomic E-state index is 0.339. The van der Waals surface area contributed by atoms with Gasteiger partial charge in [0.15, 0.2) is 0 Å². The summed E-state index contributed by atoms with van der Waals surface area (Å²) in [6.45, 7) is 5.94. The number of carbonyl (C=O) groups is 1. The molecule has 0 amide bonds. The van der Waals surface area contributed by atoms with E-state index in [9.17, 15) is 4.79 Å². The van der Waals surface area contributed by atoms with E-state index in [1.807, 2.05) is 13.8 Å². The van der Waals surface area contributed by atoms with E-state index < -0.39 is 5.60 Å². The molecule has 1 fully saturated rings. The highest BCUT2D eigenvalue weighted by Crippen LogP contribution is 2.30. The Morgan fingerprint density at radius 1 is 1.32 bits per heavy atom. The van der Waals surface area contributed by atoms with Gasteiger partial charge in [0.2, 0.25) is 0 Å². The lowest BCUT2D eigenvalue weighted by Gasteiger charge is -2.36. The second kappa shape index (κ2) is 5.93. The van der Waals surface area contributed by atoms with Crippen LogP contribution < -0.4 is 5.32 Å². The number of nitrogens with one attached hydrogen (secondary N) is 1. The molecule has 104 valence electrons. The molecule has 0 saturated carbocycles. The molecule has 0 aliphatic carbocycles. The molecule has 19 heavy (non-hydrogen) atoms. The van der Waals surface area contributed by atoms with Gasteiger partial charge in [-0.1, -0.05) is 23.7 Å². The van der Waals surface area contributed by atoms with Crippen molar-refractivity contribution in [3.05, 3.63) is 34.9 Å². The molecule has 0 bridgehead atoms. The van der Waals surface area contributed by atoms with Crippen LogP contribution in [0.2, 0.25) is 5.02 Å². The summed E-state index contributed by atoms with van der Waals surface area (Å²) >= 11 is 6.02. The predicted molar refractivity (Wildman–Crippen MR) is 76.5 cm³/mol. The second-order valence-corrected chi connectivity index (χ2v) is 5.90. The van der Waals surface area contributed by atoms with Crippen LogP contribution in [0.1, 0.15) is 37.0 Å². The molecule has 4 heteroatoms. The van der Waals surface area contributed by atoms with Crippen molar-refractivity contribution in [1.82, 2.24) is 5.32 Å². The van der Waals surface area contributed by atoms with Crippen LogP contribution in [-0.4, -0.2) is 24.7 Å². The lowest BCUT2D eigenvalue weighted by atomic mass is 9.83. The zero-order valence-electron chi connectivity index (χ0n) is 11.4. The summed E-state index contributed by atoms with van der Waals surface area (Å²) in [4.78, 5) is 12.2. The van der Waals surface area contributed by atoms with Gasteiger partial charge in [0.25, 0.3) is 0 Å². The number of halogens is 1. The predicted octanol–water partition coefficient (Wildman–Crippen LogP) is 3.28. The summed E-state index contributed by atoms with van der Waals surface area (Å²) in [5.41, 5.74) is -0.0237. The first-order valence-electron chi connectivity index (χ1n) is 6.69. The van der Waals surface area contributed by atoms with E-state index in [-0.39, 0.29) is 5.97 Å². The van der Waals surface area contributed by atoms with Gasteiger partial charge in [-0.2, -0.15) is 0 Å². The Morgan fingerprint density at radius 3 is 2.58 bits per heavy atom. The molecule has 1 aromatic rings. The number of hydrogen-bond acceptors (Lipinski definition) is 3. The van der Waals surface area contributed by atoms with Crippen LogP contribution in [0.25, 0.3) is 0 Å². The van der Waals surface area contributed by atoms with Gasteiger partial charge in [-0.15, -0.1) is 0 Å². The fraction of sp³-hybridized carbons (Fsp3) is 0.533. The average Bonchev–Trinajstić information content (AvgIpc) is 2.39. The molecule has 0 spiro atoms. The molecular formula is C15H20ClNO2. The highest BCUT2D eigenvalue weighted by atomic mass is 35.5. The molecule has 0 unspecified atom stereocenters. The van der Waals surface area contributed by atoms with E-state index in [1.165, 1.54) is 0 Å². The Labute approximate surface area is 119 Å². The maximum atomic E-state index is 12.2. The number of benzene rings is 1. The zero-order chi connectivity index (χ0) is 13.9. The lowest BCUT2D eigenvalue weighted by molar-refractivity contribution is -0.0367. The van der Waals surface area contributed by atoms with Crippen molar-refractivity contribution < 1.29 is 9.53 Å². The van der Waals surface area contributed by atoms with E-state index in [4.69, 9.17) is 16.3 Å². The smallest absolute Gasteiger partial charge is 0.340 e. The molecule has 1 aliphatic rings. The fourth-order valence-corrected chi connectivity index (χ4v) is 2.73. The van der Waals surface area contributed by atoms with Crippen LogP contribution in [0.4, 0.5) is 0 Å². The topological polar surface area (TPSA) is 38.3 Å². The third-order valence-corrected chi connectivity index (χ3v) is 4.10. The van der Waals surface area contributed by atoms with Gasteiger partial charge in [-0.05, 0) is 51.9 Å². The van der Waals surface area contributed by atoms with Crippen LogP contribution in [-0.2, 0) is 4.74 Å². The fourth-order valence-electron chi connectivity index (χ4n) is 2.52.